The van der Waals surface area contributed by atoms with E-state index in [1.165, 1.54) is 83.8 Å². The number of ether oxygens (including phenoxy) is 4. The van der Waals surface area contributed by atoms with E-state index < -0.39 is 23.9 Å². The van der Waals surface area contributed by atoms with Crippen LogP contribution in [0.5, 0.6) is 23.0 Å². The summed E-state index contributed by atoms with van der Waals surface area (Å²) >= 11 is 0. The van der Waals surface area contributed by atoms with Crippen LogP contribution in [-0.4, -0.2) is 111 Å². The van der Waals surface area contributed by atoms with Crippen molar-refractivity contribution in [3.63, 3.8) is 0 Å². The van der Waals surface area contributed by atoms with Gasteiger partial charge in [0.05, 0.1) is 39.3 Å². The smallest absolute Gasteiger partial charge is 0.335 e. The molecule has 6 aromatic rings. The van der Waals surface area contributed by atoms with E-state index in [1.54, 1.807) is 6.19 Å². The Morgan fingerprint density at radius 3 is 1.46 bits per heavy atom. The fourth-order valence-corrected chi connectivity index (χ4v) is 4.42. The third-order valence-corrected chi connectivity index (χ3v) is 6.89. The van der Waals surface area contributed by atoms with Crippen LogP contribution in [0.3, 0.4) is 0 Å². The third kappa shape index (κ3) is 14.5. The van der Waals surface area contributed by atoms with Crippen LogP contribution in [0.1, 0.15) is 41.4 Å². The minimum Gasteiger partial charge on any atom is -0.478 e. The monoisotopic (exact) mass is 870 g/mol. The van der Waals surface area contributed by atoms with Crippen molar-refractivity contribution < 1.29 is 77.7 Å². The van der Waals surface area contributed by atoms with Gasteiger partial charge in [-0.1, -0.05) is 5.10 Å². The minimum atomic E-state index is -1.18. The van der Waals surface area contributed by atoms with Gasteiger partial charge in [0.25, 0.3) is 25.9 Å². The fraction of sp³-hybridized carbons (Fsp3) is 0. The van der Waals surface area contributed by atoms with Crippen LogP contribution in [0.2, 0.25) is 0 Å². The Hall–Kier alpha value is -10.3. The molecule has 0 atom stereocenters. The maximum atomic E-state index is 10.9. The lowest BCUT2D eigenvalue weighted by molar-refractivity contribution is -0.121. The number of aromatic nitrogens is 8. The molecule has 9 N–H and O–H groups in total. The Morgan fingerprint density at radius 1 is 0.587 bits per heavy atom. The number of nitrogen functional groups attached to an aromatic ring is 2. The van der Waals surface area contributed by atoms with Crippen LogP contribution >= 0.6 is 0 Å². The first-order chi connectivity index (χ1) is 30.1. The molecule has 0 spiro atoms. The number of tetrazole rings is 2. The fourth-order valence-electron chi connectivity index (χ4n) is 4.42. The molecule has 0 aliphatic rings. The summed E-state index contributed by atoms with van der Waals surface area (Å²) in [5.41, 5.74) is 11.8. The highest BCUT2D eigenvalue weighted by Gasteiger charge is 2.13. The molecule has 63 heavy (non-hydrogen) atoms. The van der Waals surface area contributed by atoms with Crippen molar-refractivity contribution in [1.29, 1.82) is 5.26 Å². The number of carbonyl (C=O) groups is 8. The predicted molar refractivity (Wildman–Crippen MR) is 204 cm³/mol. The normalized spacial score (nSPS) is 9.51. The van der Waals surface area contributed by atoms with Crippen LogP contribution in [0.15, 0.2) is 79.1 Å². The standard InChI is InChI=1S/C9H7N5O4.C9H6N4O4.C9H6N2O4.C8H7NO4/c10-9-11-12-13-14(9)6-1-5(8(16)17)2-7(3-6)18-4-15;14-5-17-8-2-6(9(15)16)1-7(3-8)13-4-10-11-12-13;10-4-11-7-1-6(9(13)14)2-8(3-7)15-5-12;9-6-1-5(8(11)12)2-7(3-6)13-4-10/h1-4H,(H,16,17)(H2,10,11,13);1-5H,(H,15,16);1-3,5,11H,(H,13,14);1-4H,9H2,(H,11,12). The summed E-state index contributed by atoms with van der Waals surface area (Å²) in [5, 5.41) is 66.6. The van der Waals surface area contributed by atoms with Gasteiger partial charge in [0.2, 0.25) is 5.95 Å². The number of anilines is 3. The molecule has 0 amide bonds. The van der Waals surface area contributed by atoms with Gasteiger partial charge in [-0.2, -0.15) is 9.94 Å². The summed E-state index contributed by atoms with van der Waals surface area (Å²) in [6.45, 7) is 0.787. The van der Waals surface area contributed by atoms with Gasteiger partial charge < -0.3 is 50.8 Å². The van der Waals surface area contributed by atoms with Crippen molar-refractivity contribution in [1.82, 2.24) is 40.4 Å². The van der Waals surface area contributed by atoms with Crippen molar-refractivity contribution >= 4 is 67.1 Å². The van der Waals surface area contributed by atoms with Crippen LogP contribution < -0.4 is 35.7 Å². The van der Waals surface area contributed by atoms with Crippen molar-refractivity contribution in [2.24, 2.45) is 0 Å². The zero-order valence-corrected chi connectivity index (χ0v) is 31.2. The van der Waals surface area contributed by atoms with Crippen LogP contribution in [0.4, 0.5) is 17.3 Å². The molecule has 6 rings (SSSR count). The number of carbonyl (C=O) groups excluding carboxylic acids is 4. The molecule has 2 heterocycles. The van der Waals surface area contributed by atoms with E-state index in [0.717, 1.165) is 4.68 Å². The lowest BCUT2D eigenvalue weighted by Gasteiger charge is -2.05. The molecule has 0 bridgehead atoms. The molecule has 0 aliphatic carbocycles. The summed E-state index contributed by atoms with van der Waals surface area (Å²) in [5.74, 6) is -4.31. The summed E-state index contributed by atoms with van der Waals surface area (Å²) in [4.78, 5) is 83.5. The third-order valence-electron chi connectivity index (χ3n) is 6.89. The molecule has 28 nitrogen and oxygen atoms in total. The molecule has 322 valence electrons. The number of nitrogens with two attached hydrogens (primary N) is 2. The molecule has 2 aromatic heterocycles. The lowest BCUT2D eigenvalue weighted by Crippen LogP contribution is -2.06. The van der Waals surface area contributed by atoms with E-state index in [2.05, 4.69) is 55.3 Å². The van der Waals surface area contributed by atoms with Gasteiger partial charge in [-0.25, -0.2) is 23.9 Å². The topological polar surface area (TPSA) is 429 Å². The maximum Gasteiger partial charge on any atom is 0.335 e. The second-order valence-electron chi connectivity index (χ2n) is 11.0. The van der Waals surface area contributed by atoms with Gasteiger partial charge in [0.15, 0.2) is 6.19 Å². The SMILES string of the molecule is N#CNc1cc(OC=O)cc(C(=O)O)c1.Nc1cc(OC=O)cc(C(=O)O)c1.Nc1nnnn1-c1cc(OC=O)cc(C(=O)O)c1.O=COc1cc(C(=O)O)cc(-n2cnnn2)c1. The number of aromatic carboxylic acids is 4. The van der Waals surface area contributed by atoms with E-state index >= 15 is 0 Å². The summed E-state index contributed by atoms with van der Waals surface area (Å²) < 4.78 is 20.5. The van der Waals surface area contributed by atoms with Gasteiger partial charge in [0.1, 0.15) is 29.3 Å². The number of rotatable bonds is 15. The Bertz CT molecular complexity index is 2660. The molecule has 4 aromatic carbocycles. The van der Waals surface area contributed by atoms with Gasteiger partial charge in [-0.05, 0) is 69.4 Å². The number of hydrogen-bond acceptors (Lipinski definition) is 22. The predicted octanol–water partition coefficient (Wildman–Crippen LogP) is 0.689. The van der Waals surface area contributed by atoms with Crippen LogP contribution in [0.25, 0.3) is 11.4 Å². The molecule has 0 saturated heterocycles. The number of benzene rings is 4. The van der Waals surface area contributed by atoms with E-state index in [0.29, 0.717) is 5.69 Å². The molecule has 0 radical (unpaired) electrons. The summed E-state index contributed by atoms with van der Waals surface area (Å²) in [7, 11) is 0. The van der Waals surface area contributed by atoms with Gasteiger partial charge in [-0.15, -0.1) is 5.10 Å². The maximum absolute atomic E-state index is 10.9. The molecular formula is C35H26N12O16. The van der Waals surface area contributed by atoms with E-state index in [4.69, 9.17) is 37.2 Å². The first-order valence-corrected chi connectivity index (χ1v) is 16.3. The summed E-state index contributed by atoms with van der Waals surface area (Å²) in [6, 6.07) is 15.5. The van der Waals surface area contributed by atoms with E-state index in [9.17, 15) is 38.4 Å². The average Bonchev–Trinajstić information content (AvgIpc) is 3.94. The second-order valence-corrected chi connectivity index (χ2v) is 11.0. The van der Waals surface area contributed by atoms with Crippen LogP contribution in [-0.2, 0) is 19.2 Å². The zero-order valence-electron chi connectivity index (χ0n) is 31.2. The van der Waals surface area contributed by atoms with E-state index in [-0.39, 0.29) is 94.2 Å². The number of carboxylic acids is 4. The van der Waals surface area contributed by atoms with Crippen molar-refractivity contribution in [2.75, 3.05) is 16.8 Å². The summed E-state index contributed by atoms with van der Waals surface area (Å²) in [6.07, 6.45) is 2.93. The molecule has 0 aliphatic heterocycles. The Kier molecular flexibility index (Phi) is 17.3. The number of hydrogen-bond donors (Lipinski definition) is 7. The number of nitriles is 1. The van der Waals surface area contributed by atoms with Crippen LogP contribution in [0, 0.1) is 11.5 Å². The highest BCUT2D eigenvalue weighted by atomic mass is 16.5. The zero-order chi connectivity index (χ0) is 46.5. The van der Waals surface area contributed by atoms with Gasteiger partial charge in [0, 0.05) is 30.0 Å². The second kappa shape index (κ2) is 23.2. The number of nitrogens with zero attached hydrogens (tertiary/aromatic N) is 9. The quantitative estimate of drug-likeness (QED) is 0.0323. The number of nitrogens with one attached hydrogen (secondary N) is 1. The Balaban J connectivity index is 0.000000225. The Morgan fingerprint density at radius 2 is 1.03 bits per heavy atom. The molecule has 28 heteroatoms. The molecule has 0 saturated carbocycles. The number of carboxylic acid groups (broad SMARTS) is 4. The van der Waals surface area contributed by atoms with Gasteiger partial charge in [-0.3, -0.25) is 24.5 Å². The van der Waals surface area contributed by atoms with Crippen molar-refractivity contribution in [3.05, 3.63) is 101 Å². The Labute approximate surface area is 349 Å². The highest BCUT2D eigenvalue weighted by molar-refractivity contribution is 5.91. The molecular weight excluding hydrogens is 844 g/mol. The van der Waals surface area contributed by atoms with E-state index in [1.807, 2.05) is 0 Å². The minimum absolute atomic E-state index is 0.0168. The highest BCUT2D eigenvalue weighted by Crippen LogP contribution is 2.23. The molecule has 0 fully saturated rings. The van der Waals surface area contributed by atoms with Crippen molar-refractivity contribution in [3.8, 4) is 40.6 Å². The van der Waals surface area contributed by atoms with Crippen molar-refractivity contribution in [2.45, 2.75) is 0 Å². The van der Waals surface area contributed by atoms with Gasteiger partial charge >= 0.3 is 23.9 Å². The largest absolute Gasteiger partial charge is 0.478 e. The lowest BCUT2D eigenvalue weighted by atomic mass is 10.2. The first-order valence-electron chi connectivity index (χ1n) is 16.3. The molecule has 0 unspecified atom stereocenters. The average molecular weight is 871 g/mol. The first kappa shape index (κ1) is 47.0.